The summed E-state index contributed by atoms with van der Waals surface area (Å²) in [5.74, 6) is 0.866. The molecule has 2 aliphatic heterocycles. The number of rotatable bonds is 8. The number of ether oxygens (including phenoxy) is 4. The van der Waals surface area contributed by atoms with Crippen LogP contribution in [-0.4, -0.2) is 78.9 Å². The molecule has 0 spiro atoms. The average Bonchev–Trinajstić information content (AvgIpc) is 3.21. The minimum Gasteiger partial charge on any atom is -0.485 e. The van der Waals surface area contributed by atoms with Crippen LogP contribution in [0.4, 0.5) is 9.18 Å². The molecule has 4 rings (SSSR count). The first-order chi connectivity index (χ1) is 18.3. The molecule has 0 bridgehead atoms. The quantitative estimate of drug-likeness (QED) is 0.275. The van der Waals surface area contributed by atoms with Crippen LogP contribution in [0.15, 0.2) is 18.5 Å². The number of aromatic nitrogens is 2. The number of likely N-dealkylation sites (tertiary alicyclic amines) is 1. The van der Waals surface area contributed by atoms with Gasteiger partial charge in [-0.3, -0.25) is 0 Å². The van der Waals surface area contributed by atoms with Crippen molar-refractivity contribution in [3.63, 3.8) is 0 Å². The number of hydrogen-bond donors (Lipinski definition) is 0. The fourth-order valence-electron chi connectivity index (χ4n) is 5.20. The van der Waals surface area contributed by atoms with Gasteiger partial charge in [0, 0.05) is 46.6 Å². The fraction of sp³-hybridized carbons (Fsp3) is 0.724. The summed E-state index contributed by atoms with van der Waals surface area (Å²) in [5, 5.41) is 0.895. The Morgan fingerprint density at radius 1 is 1.26 bits per heavy atom. The summed E-state index contributed by atoms with van der Waals surface area (Å²) in [6.45, 7) is 16.8. The number of alkyl halides is 1. The third kappa shape index (κ3) is 7.95. The summed E-state index contributed by atoms with van der Waals surface area (Å²) in [4.78, 5) is 18.9. The molecule has 2 aromatic rings. The molecule has 2 saturated heterocycles. The predicted octanol–water partition coefficient (Wildman–Crippen LogP) is 6.36. The first kappa shape index (κ1) is 29.8. The van der Waals surface area contributed by atoms with E-state index in [1.165, 1.54) is 0 Å². The third-order valence-electron chi connectivity index (χ3n) is 7.31. The van der Waals surface area contributed by atoms with Crippen molar-refractivity contribution >= 4 is 25.2 Å². The van der Waals surface area contributed by atoms with E-state index in [0.29, 0.717) is 32.2 Å². The minimum absolute atomic E-state index is 0.129. The van der Waals surface area contributed by atoms with Gasteiger partial charge in [-0.2, -0.15) is 0 Å². The summed E-state index contributed by atoms with van der Waals surface area (Å²) in [5.41, 5.74) is 1.28. The van der Waals surface area contributed by atoms with Crippen LogP contribution in [0, 0.1) is 0 Å². The standard InChI is InChI=1S/C29H46FN3O5Si/c1-20-16-21(10-13-36-20)22-17-33(19-35-14-15-39(5,6)7)27-26(22)24(8-11-31-27)37-25-18-32(12-9-23(25)30)28(34)38-29(2,3)4/h8,11,17,20-21,23,25H,9-10,12-16,18-19H2,1-7H3/t20?,21?,23-,25+/m1/s1. The molecule has 4 heterocycles. The fourth-order valence-corrected chi connectivity index (χ4v) is 5.96. The molecule has 4 atom stereocenters. The van der Waals surface area contributed by atoms with Gasteiger partial charge in [0.1, 0.15) is 36.0 Å². The highest BCUT2D eigenvalue weighted by Gasteiger charge is 2.36. The maximum Gasteiger partial charge on any atom is 0.410 e. The van der Waals surface area contributed by atoms with Crippen LogP contribution in [-0.2, 0) is 20.9 Å². The molecule has 0 radical (unpaired) electrons. The Bertz CT molecular complexity index is 1130. The lowest BCUT2D eigenvalue weighted by atomic mass is 9.89. The normalized spacial score (nSPS) is 24.7. The molecule has 2 unspecified atom stereocenters. The molecule has 0 aromatic carbocycles. The number of halogens is 1. The van der Waals surface area contributed by atoms with Crippen LogP contribution in [0.2, 0.25) is 25.7 Å². The topological polar surface area (TPSA) is 75.1 Å². The molecule has 10 heteroatoms. The maximum absolute atomic E-state index is 15.2. The van der Waals surface area contributed by atoms with Gasteiger partial charge in [0.2, 0.25) is 0 Å². The number of pyridine rings is 1. The number of carbonyl (C=O) groups is 1. The number of piperidine rings is 1. The van der Waals surface area contributed by atoms with Crippen molar-refractivity contribution in [1.29, 1.82) is 0 Å². The van der Waals surface area contributed by atoms with Gasteiger partial charge in [0.15, 0.2) is 0 Å². The van der Waals surface area contributed by atoms with E-state index in [1.807, 2.05) is 31.4 Å². The Kier molecular flexibility index (Phi) is 9.28. The summed E-state index contributed by atoms with van der Waals surface area (Å²) < 4.78 is 41.0. The van der Waals surface area contributed by atoms with Crippen molar-refractivity contribution in [1.82, 2.24) is 14.5 Å². The number of hydrogen-bond acceptors (Lipinski definition) is 6. The lowest BCUT2D eigenvalue weighted by Crippen LogP contribution is -2.51. The molecule has 218 valence electrons. The van der Waals surface area contributed by atoms with Gasteiger partial charge < -0.3 is 28.4 Å². The van der Waals surface area contributed by atoms with Crippen LogP contribution in [0.5, 0.6) is 5.75 Å². The lowest BCUT2D eigenvalue weighted by molar-refractivity contribution is -0.0119. The van der Waals surface area contributed by atoms with Crippen LogP contribution < -0.4 is 4.74 Å². The molecular formula is C29H46FN3O5Si. The van der Waals surface area contributed by atoms with Gasteiger partial charge >= 0.3 is 6.09 Å². The van der Waals surface area contributed by atoms with Crippen molar-refractivity contribution in [3.05, 3.63) is 24.0 Å². The summed E-state index contributed by atoms with van der Waals surface area (Å²) >= 11 is 0. The summed E-state index contributed by atoms with van der Waals surface area (Å²) in [6, 6.07) is 2.90. The van der Waals surface area contributed by atoms with Gasteiger partial charge in [0.05, 0.1) is 18.0 Å². The zero-order valence-corrected chi connectivity index (χ0v) is 25.7. The van der Waals surface area contributed by atoms with E-state index in [0.717, 1.165) is 35.5 Å². The molecule has 2 fully saturated rings. The minimum atomic E-state index is -1.20. The number of nitrogens with zero attached hydrogens (tertiary/aromatic N) is 3. The second kappa shape index (κ2) is 12.1. The first-order valence-corrected chi connectivity index (χ1v) is 18.0. The lowest BCUT2D eigenvalue weighted by Gasteiger charge is -2.36. The van der Waals surface area contributed by atoms with Gasteiger partial charge in [0.25, 0.3) is 0 Å². The number of amides is 1. The highest BCUT2D eigenvalue weighted by atomic mass is 28.3. The van der Waals surface area contributed by atoms with Crippen molar-refractivity contribution in [2.24, 2.45) is 0 Å². The molecule has 1 amide bonds. The molecule has 2 aromatic heterocycles. The highest BCUT2D eigenvalue weighted by Crippen LogP contribution is 2.40. The Balaban J connectivity index is 1.61. The van der Waals surface area contributed by atoms with Gasteiger partial charge in [-0.1, -0.05) is 19.6 Å². The Morgan fingerprint density at radius 3 is 2.72 bits per heavy atom. The second-order valence-corrected chi connectivity index (χ2v) is 18.8. The van der Waals surface area contributed by atoms with Gasteiger partial charge in [-0.15, -0.1) is 0 Å². The zero-order valence-electron chi connectivity index (χ0n) is 24.7. The van der Waals surface area contributed by atoms with Crippen molar-refractivity contribution < 1.29 is 28.1 Å². The largest absolute Gasteiger partial charge is 0.485 e. The number of fused-ring (bicyclic) bond motifs is 1. The molecule has 0 saturated carbocycles. The Hall–Kier alpha value is -2.17. The number of carbonyl (C=O) groups excluding carboxylic acids is 1. The van der Waals surface area contributed by atoms with Crippen molar-refractivity contribution in [2.75, 3.05) is 26.3 Å². The molecule has 39 heavy (non-hydrogen) atoms. The maximum atomic E-state index is 15.2. The van der Waals surface area contributed by atoms with E-state index in [-0.39, 0.29) is 25.0 Å². The Labute approximate surface area is 233 Å². The van der Waals surface area contributed by atoms with Crippen molar-refractivity contribution in [2.45, 2.75) is 109 Å². The summed E-state index contributed by atoms with van der Waals surface area (Å²) in [6.07, 6.45) is 3.56. The Morgan fingerprint density at radius 2 is 2.03 bits per heavy atom. The van der Waals surface area contributed by atoms with Crippen LogP contribution in [0.25, 0.3) is 11.0 Å². The average molecular weight is 564 g/mol. The smallest absolute Gasteiger partial charge is 0.410 e. The van der Waals surface area contributed by atoms with E-state index < -0.39 is 32.0 Å². The molecule has 0 aliphatic carbocycles. The van der Waals surface area contributed by atoms with Crippen LogP contribution in [0.3, 0.4) is 0 Å². The van der Waals surface area contributed by atoms with Crippen molar-refractivity contribution in [3.8, 4) is 5.75 Å². The van der Waals surface area contributed by atoms with E-state index in [4.69, 9.17) is 23.9 Å². The monoisotopic (exact) mass is 563 g/mol. The second-order valence-electron chi connectivity index (χ2n) is 13.2. The molecule has 0 N–H and O–H groups in total. The van der Waals surface area contributed by atoms with E-state index >= 15 is 4.39 Å². The molecule has 8 nitrogen and oxygen atoms in total. The molecular weight excluding hydrogens is 517 g/mol. The van der Waals surface area contributed by atoms with E-state index in [2.05, 4.69) is 32.8 Å². The SMILES string of the molecule is CC1CC(c2cn(COCC[Si](C)(C)C)c3nccc(O[C@H]4CN(C(=O)OC(C)(C)C)CC[C@H]4F)c23)CCO1. The zero-order chi connectivity index (χ0) is 28.4. The summed E-state index contributed by atoms with van der Waals surface area (Å²) in [7, 11) is -1.20. The molecule has 2 aliphatic rings. The van der Waals surface area contributed by atoms with E-state index in [9.17, 15) is 4.79 Å². The highest BCUT2D eigenvalue weighted by molar-refractivity contribution is 6.76. The predicted molar refractivity (Wildman–Crippen MR) is 153 cm³/mol. The first-order valence-electron chi connectivity index (χ1n) is 14.3. The van der Waals surface area contributed by atoms with Crippen LogP contribution in [0.1, 0.15) is 58.4 Å². The van der Waals surface area contributed by atoms with Gasteiger partial charge in [-0.05, 0) is 64.1 Å². The van der Waals surface area contributed by atoms with E-state index in [1.54, 1.807) is 11.1 Å². The van der Waals surface area contributed by atoms with Gasteiger partial charge in [-0.25, -0.2) is 14.2 Å². The third-order valence-corrected chi connectivity index (χ3v) is 9.01. The van der Waals surface area contributed by atoms with Crippen LogP contribution >= 0.6 is 0 Å².